The van der Waals surface area contributed by atoms with E-state index < -0.39 is 17.9 Å². The largest absolute Gasteiger partial charge is 0.503 e. The maximum Gasteiger partial charge on any atom is 0.328 e. The Morgan fingerprint density at radius 3 is 2.47 bits per heavy atom. The predicted molar refractivity (Wildman–Crippen MR) is 130 cm³/mol. The van der Waals surface area contributed by atoms with Gasteiger partial charge in [-0.25, -0.2) is 9.78 Å². The molecule has 2 aromatic rings. The van der Waals surface area contributed by atoms with Crippen LogP contribution in [-0.4, -0.2) is 41.2 Å². The summed E-state index contributed by atoms with van der Waals surface area (Å²) in [5.74, 6) is -0.894. The number of benzene rings is 1. The Kier molecular flexibility index (Phi) is 8.53. The third kappa shape index (κ3) is 5.88. The Labute approximate surface area is 201 Å². The van der Waals surface area contributed by atoms with Gasteiger partial charge in [-0.2, -0.15) is 0 Å². The number of carbonyl (C=O) groups excluding carboxylic acids is 2. The summed E-state index contributed by atoms with van der Waals surface area (Å²) >= 11 is 0. The molecule has 1 aromatic carbocycles. The Bertz CT molecular complexity index is 1020. The molecule has 0 aliphatic heterocycles. The van der Waals surface area contributed by atoms with Crippen molar-refractivity contribution in [1.29, 1.82) is 0 Å². The van der Waals surface area contributed by atoms with Crippen LogP contribution in [-0.2, 0) is 9.53 Å². The highest BCUT2D eigenvalue weighted by Crippen LogP contribution is 2.40. The number of nitrogens with zero attached hydrogens (tertiary/aromatic N) is 1. The Morgan fingerprint density at radius 2 is 1.82 bits per heavy atom. The molecule has 7 heteroatoms. The summed E-state index contributed by atoms with van der Waals surface area (Å²) < 4.78 is 10.9. The zero-order valence-electron chi connectivity index (χ0n) is 20.8. The lowest BCUT2D eigenvalue weighted by Crippen LogP contribution is -2.42. The average Bonchev–Trinajstić information content (AvgIpc) is 2.81. The van der Waals surface area contributed by atoms with E-state index in [1.165, 1.54) is 55.3 Å². The van der Waals surface area contributed by atoms with Gasteiger partial charge in [0.05, 0.1) is 7.11 Å². The van der Waals surface area contributed by atoms with Crippen molar-refractivity contribution in [2.75, 3.05) is 7.11 Å². The van der Waals surface area contributed by atoms with Crippen LogP contribution < -0.4 is 10.1 Å². The van der Waals surface area contributed by atoms with Crippen LogP contribution in [0.3, 0.4) is 0 Å². The van der Waals surface area contributed by atoms with Gasteiger partial charge in [0.15, 0.2) is 17.2 Å². The van der Waals surface area contributed by atoms with Crippen LogP contribution in [0.4, 0.5) is 0 Å². The first kappa shape index (κ1) is 25.5. The first-order chi connectivity index (χ1) is 16.2. The number of hydrogen-bond acceptors (Lipinski definition) is 6. The Morgan fingerprint density at radius 1 is 1.12 bits per heavy atom. The molecule has 1 fully saturated rings. The van der Waals surface area contributed by atoms with Crippen molar-refractivity contribution in [3.63, 3.8) is 0 Å². The molecule has 1 aliphatic rings. The van der Waals surface area contributed by atoms with E-state index in [1.807, 2.05) is 6.92 Å². The van der Waals surface area contributed by atoms with Gasteiger partial charge in [-0.1, -0.05) is 43.0 Å². The summed E-state index contributed by atoms with van der Waals surface area (Å²) in [7, 11) is 1.39. The summed E-state index contributed by atoms with van der Waals surface area (Å²) in [4.78, 5) is 29.5. The molecule has 0 radical (unpaired) electrons. The van der Waals surface area contributed by atoms with Crippen LogP contribution in [0.2, 0.25) is 0 Å². The fourth-order valence-electron chi connectivity index (χ4n) is 5.03. The van der Waals surface area contributed by atoms with E-state index in [2.05, 4.69) is 42.3 Å². The highest BCUT2D eigenvalue weighted by molar-refractivity contribution is 5.97. The van der Waals surface area contributed by atoms with Crippen molar-refractivity contribution in [2.24, 2.45) is 5.92 Å². The molecule has 3 rings (SSSR count). The summed E-state index contributed by atoms with van der Waals surface area (Å²) in [5, 5.41) is 12.8. The molecule has 1 saturated carbocycles. The average molecular weight is 469 g/mol. The quantitative estimate of drug-likeness (QED) is 0.539. The van der Waals surface area contributed by atoms with Gasteiger partial charge in [0.2, 0.25) is 0 Å². The number of rotatable bonds is 8. The number of ether oxygens (including phenoxy) is 2. The highest BCUT2D eigenvalue weighted by atomic mass is 16.5. The van der Waals surface area contributed by atoms with Crippen molar-refractivity contribution in [1.82, 2.24) is 10.3 Å². The van der Waals surface area contributed by atoms with E-state index in [4.69, 9.17) is 9.47 Å². The lowest BCUT2D eigenvalue weighted by molar-refractivity contribution is -0.152. The van der Waals surface area contributed by atoms with Gasteiger partial charge in [-0.15, -0.1) is 0 Å². The fraction of sp³-hybridized carbons (Fsp3) is 0.519. The van der Waals surface area contributed by atoms with Crippen LogP contribution >= 0.6 is 0 Å². The molecule has 3 atom stereocenters. The van der Waals surface area contributed by atoms with Gasteiger partial charge in [0.25, 0.3) is 5.91 Å². The van der Waals surface area contributed by atoms with E-state index >= 15 is 0 Å². The minimum atomic E-state index is -0.909. The van der Waals surface area contributed by atoms with E-state index in [1.54, 1.807) is 6.92 Å². The number of carbonyl (C=O) groups is 2. The third-order valence-corrected chi connectivity index (χ3v) is 6.77. The van der Waals surface area contributed by atoms with Gasteiger partial charge in [0, 0.05) is 18.2 Å². The first-order valence-electron chi connectivity index (χ1n) is 12.0. The molecule has 184 valence electrons. The Balaban J connectivity index is 1.73. The molecule has 1 amide bonds. The predicted octanol–water partition coefficient (Wildman–Crippen LogP) is 4.83. The summed E-state index contributed by atoms with van der Waals surface area (Å²) in [5.41, 5.74) is 3.43. The van der Waals surface area contributed by atoms with E-state index in [0.29, 0.717) is 5.92 Å². The van der Waals surface area contributed by atoms with E-state index in [-0.39, 0.29) is 29.2 Å². The number of amides is 1. The number of aryl methyl sites for hydroxylation is 2. The van der Waals surface area contributed by atoms with Crippen LogP contribution in [0.5, 0.6) is 11.5 Å². The molecule has 2 N–H and O–H groups in total. The first-order valence-corrected chi connectivity index (χ1v) is 12.0. The topological polar surface area (TPSA) is 97.8 Å². The van der Waals surface area contributed by atoms with Crippen LogP contribution in [0, 0.1) is 19.8 Å². The summed E-state index contributed by atoms with van der Waals surface area (Å²) in [6, 6.07) is 6.99. The monoisotopic (exact) mass is 468 g/mol. The summed E-state index contributed by atoms with van der Waals surface area (Å²) in [6.45, 7) is 7.70. The second-order valence-electron chi connectivity index (χ2n) is 9.33. The number of pyridine rings is 1. The third-order valence-electron chi connectivity index (χ3n) is 6.77. The van der Waals surface area contributed by atoms with Gasteiger partial charge >= 0.3 is 5.97 Å². The zero-order valence-corrected chi connectivity index (χ0v) is 20.8. The molecule has 0 saturated heterocycles. The van der Waals surface area contributed by atoms with Crippen molar-refractivity contribution in [2.45, 2.75) is 77.9 Å². The maximum atomic E-state index is 12.9. The smallest absolute Gasteiger partial charge is 0.328 e. The molecule has 0 spiro atoms. The van der Waals surface area contributed by atoms with Crippen molar-refractivity contribution < 1.29 is 24.2 Å². The second kappa shape index (κ2) is 11.4. The maximum absolute atomic E-state index is 12.9. The molecule has 34 heavy (non-hydrogen) atoms. The minimum Gasteiger partial charge on any atom is -0.503 e. The molecule has 1 heterocycles. The zero-order chi connectivity index (χ0) is 24.8. The number of hydrogen-bond donors (Lipinski definition) is 2. The van der Waals surface area contributed by atoms with Gasteiger partial charge in [-0.3, -0.25) is 4.79 Å². The van der Waals surface area contributed by atoms with E-state index in [9.17, 15) is 14.7 Å². The van der Waals surface area contributed by atoms with Gasteiger partial charge < -0.3 is 19.9 Å². The molecular weight excluding hydrogens is 432 g/mol. The minimum absolute atomic E-state index is 0.0943. The SMILES string of the molecule is COc1ccnc(C(=O)N[C@@H](C)C(=O)O[C@@H](C)[C@@H](c2ccc(C)cc2C)C2CCCCC2)c1O. The molecule has 0 bridgehead atoms. The molecule has 7 nitrogen and oxygen atoms in total. The molecule has 1 aliphatic carbocycles. The molecule has 0 unspecified atom stereocenters. The number of esters is 1. The Hall–Kier alpha value is -3.09. The number of methoxy groups -OCH3 is 1. The molecule has 1 aromatic heterocycles. The lowest BCUT2D eigenvalue weighted by Gasteiger charge is -2.35. The highest BCUT2D eigenvalue weighted by Gasteiger charge is 2.34. The number of nitrogens with one attached hydrogen (secondary N) is 1. The second-order valence-corrected chi connectivity index (χ2v) is 9.33. The summed E-state index contributed by atoms with van der Waals surface area (Å²) in [6.07, 6.45) is 6.88. The van der Waals surface area contributed by atoms with Gasteiger partial charge in [-0.05, 0) is 57.6 Å². The van der Waals surface area contributed by atoms with Crippen molar-refractivity contribution >= 4 is 11.9 Å². The molecular formula is C27H36N2O5. The fourth-order valence-corrected chi connectivity index (χ4v) is 5.03. The van der Waals surface area contributed by atoms with Crippen molar-refractivity contribution in [3.8, 4) is 11.5 Å². The number of aromatic hydroxyl groups is 1. The standard InChI is InChI=1S/C27H36N2O5/c1-16-11-12-21(17(2)15-16)23(20-9-7-6-8-10-20)19(4)34-27(32)18(3)29-26(31)24-25(30)22(33-5)13-14-28-24/h11-15,18-20,23,30H,6-10H2,1-5H3,(H,29,31)/t18-,19-,23+/m0/s1. The van der Waals surface area contributed by atoms with Crippen molar-refractivity contribution in [3.05, 3.63) is 52.8 Å². The lowest BCUT2D eigenvalue weighted by atomic mass is 9.73. The van der Waals surface area contributed by atoms with Gasteiger partial charge in [0.1, 0.15) is 12.1 Å². The van der Waals surface area contributed by atoms with E-state index in [0.717, 1.165) is 12.8 Å². The van der Waals surface area contributed by atoms with Crippen LogP contribution in [0.15, 0.2) is 30.5 Å². The normalized spacial score (nSPS) is 16.9. The number of aromatic nitrogens is 1. The van der Waals surface area contributed by atoms with Crippen LogP contribution in [0.1, 0.15) is 79.0 Å². The van der Waals surface area contributed by atoms with Crippen LogP contribution in [0.25, 0.3) is 0 Å².